The Morgan fingerprint density at radius 2 is 1.38 bits per heavy atom. The van der Waals surface area contributed by atoms with Gasteiger partial charge in [0, 0.05) is 24.4 Å². The topological polar surface area (TPSA) is 283 Å². The van der Waals surface area contributed by atoms with Gasteiger partial charge in [0.05, 0.1) is 29.2 Å². The predicted molar refractivity (Wildman–Crippen MR) is 223 cm³/mol. The summed E-state index contributed by atoms with van der Waals surface area (Å²) in [6.07, 6.45) is -8.97. The number of nitrogens with one attached hydrogen (secondary N) is 3. The number of carbonyl (C=O) groups excluding carboxylic acids is 6. The van der Waals surface area contributed by atoms with Crippen molar-refractivity contribution < 1.29 is 62.3 Å². The SMILES string of the molecule is C[C@@H]1CCC[C@H](NC(=O)C2=C[C@H](OC(=O)c3ccccc3)[C@H](OC(=O)c3ccccc3)[C@@H](O[C@@H](C(N)=O)[C@H]3O[C@@H](n4ccc(=O)[nH]c4=O)[C@H](OC(=O)c4ccccc4)[C@@H]3CO)O2)C(=O)N1. The van der Waals surface area contributed by atoms with Gasteiger partial charge in [-0.15, -0.1) is 0 Å². The minimum atomic E-state index is -2.06. The Morgan fingerprint density at radius 3 is 1.94 bits per heavy atom. The number of primary amides is 1. The standard InChI is InChI=1S/C45H45N5O15/c1-24-12-11-19-29(38(54)47-24)48-39(55)31-22-30(60-41(56)25-13-5-2-6-14-25)35(64-43(58)27-17-9-4-10-18-27)44(61-31)65-36(37(46)53)33-28(23-51)34(63-42(57)26-15-7-3-8-16-26)40(62-33)50-21-20-32(52)49-45(50)59/h2-10,13-18,20-22,24,28-30,33-36,40,44,51H,11-12,19,23H2,1H3,(H2,46,53)(H,47,54)(H,48,55)(H,49,52,59)/t24-,28-,29+,30+,33+,34-,35+,36-,40-,44-/m1/s1. The van der Waals surface area contributed by atoms with Crippen molar-refractivity contribution in [3.63, 3.8) is 0 Å². The van der Waals surface area contributed by atoms with Gasteiger partial charge in [0.25, 0.3) is 11.5 Å². The lowest BCUT2D eigenvalue weighted by molar-refractivity contribution is -0.239. The van der Waals surface area contributed by atoms with E-state index in [1.54, 1.807) is 54.6 Å². The van der Waals surface area contributed by atoms with Crippen LogP contribution in [0.2, 0.25) is 0 Å². The quantitative estimate of drug-likeness (QED) is 0.0872. The highest BCUT2D eigenvalue weighted by Gasteiger charge is 2.55. The third-order valence-corrected chi connectivity index (χ3v) is 10.9. The largest absolute Gasteiger partial charge is 0.455 e. The summed E-state index contributed by atoms with van der Waals surface area (Å²) in [7, 11) is 0. The minimum Gasteiger partial charge on any atom is -0.455 e. The molecule has 1 aromatic heterocycles. The Bertz CT molecular complexity index is 2530. The van der Waals surface area contributed by atoms with Crippen molar-refractivity contribution >= 4 is 35.6 Å². The summed E-state index contributed by atoms with van der Waals surface area (Å²) in [4.78, 5) is 109. The van der Waals surface area contributed by atoms with Crippen LogP contribution in [-0.4, -0.2) is 106 Å². The molecule has 0 aliphatic carbocycles. The van der Waals surface area contributed by atoms with Gasteiger partial charge in [-0.3, -0.25) is 28.7 Å². The Labute approximate surface area is 369 Å². The lowest BCUT2D eigenvalue weighted by Gasteiger charge is -2.38. The molecular formula is C45H45N5O15. The molecule has 2 saturated heterocycles. The molecule has 3 aromatic carbocycles. The molecule has 65 heavy (non-hydrogen) atoms. The van der Waals surface area contributed by atoms with Crippen molar-refractivity contribution in [3.05, 3.63) is 153 Å². The van der Waals surface area contributed by atoms with E-state index in [0.717, 1.165) is 22.9 Å². The molecule has 0 spiro atoms. The molecule has 6 N–H and O–H groups in total. The fourth-order valence-electron chi connectivity index (χ4n) is 7.62. The predicted octanol–water partition coefficient (Wildman–Crippen LogP) is 1.00. The van der Waals surface area contributed by atoms with Gasteiger partial charge in [-0.25, -0.2) is 19.2 Å². The zero-order chi connectivity index (χ0) is 46.2. The fraction of sp³-hybridized carbons (Fsp3) is 0.333. The number of hydrogen-bond donors (Lipinski definition) is 5. The third-order valence-electron chi connectivity index (χ3n) is 10.9. The van der Waals surface area contributed by atoms with Gasteiger partial charge >= 0.3 is 23.6 Å². The molecule has 10 atom stereocenters. The second-order valence-corrected chi connectivity index (χ2v) is 15.4. The molecule has 3 aliphatic rings. The number of amides is 3. The monoisotopic (exact) mass is 895 g/mol. The smallest absolute Gasteiger partial charge is 0.338 e. The fourth-order valence-corrected chi connectivity index (χ4v) is 7.62. The molecule has 3 amide bonds. The molecule has 4 aromatic rings. The van der Waals surface area contributed by atoms with Crippen LogP contribution in [0.3, 0.4) is 0 Å². The number of benzene rings is 3. The first-order valence-electron chi connectivity index (χ1n) is 20.6. The average Bonchev–Trinajstić information content (AvgIpc) is 3.56. The minimum absolute atomic E-state index is 0.0312. The van der Waals surface area contributed by atoms with Crippen LogP contribution in [0.4, 0.5) is 0 Å². The number of hydrogen-bond acceptors (Lipinski definition) is 15. The summed E-state index contributed by atoms with van der Waals surface area (Å²) in [6.45, 7) is 0.935. The van der Waals surface area contributed by atoms with Crippen molar-refractivity contribution in [3.8, 4) is 0 Å². The van der Waals surface area contributed by atoms with E-state index >= 15 is 0 Å². The van der Waals surface area contributed by atoms with Crippen LogP contribution >= 0.6 is 0 Å². The number of nitrogens with zero attached hydrogens (tertiary/aromatic N) is 1. The number of aromatic amines is 1. The molecule has 0 radical (unpaired) electrons. The lowest BCUT2D eigenvalue weighted by Crippen LogP contribution is -2.55. The van der Waals surface area contributed by atoms with E-state index < -0.39 is 114 Å². The number of H-pyrrole nitrogens is 1. The Morgan fingerprint density at radius 1 is 0.815 bits per heavy atom. The summed E-state index contributed by atoms with van der Waals surface area (Å²) in [6, 6.07) is 22.8. The molecule has 7 rings (SSSR count). The molecule has 20 nitrogen and oxygen atoms in total. The summed E-state index contributed by atoms with van der Waals surface area (Å²) in [5.74, 6) is -7.56. The van der Waals surface area contributed by atoms with Gasteiger partial charge in [-0.05, 0) is 62.6 Å². The molecule has 4 heterocycles. The molecule has 0 unspecified atom stereocenters. The highest BCUT2D eigenvalue weighted by Crippen LogP contribution is 2.39. The highest BCUT2D eigenvalue weighted by molar-refractivity contribution is 5.96. The first kappa shape index (κ1) is 45.6. The van der Waals surface area contributed by atoms with Gasteiger partial charge in [0.2, 0.25) is 24.2 Å². The second kappa shape index (κ2) is 20.4. The zero-order valence-corrected chi connectivity index (χ0v) is 34.7. The second-order valence-electron chi connectivity index (χ2n) is 15.4. The van der Waals surface area contributed by atoms with Crippen molar-refractivity contribution in [1.82, 2.24) is 20.2 Å². The van der Waals surface area contributed by atoms with Crippen LogP contribution < -0.4 is 27.6 Å². The number of aliphatic hydroxyl groups is 1. The maximum atomic E-state index is 14.1. The molecule has 20 heteroatoms. The first-order valence-corrected chi connectivity index (χ1v) is 20.6. The van der Waals surface area contributed by atoms with Crippen molar-refractivity contribution in [2.45, 2.75) is 81.3 Å². The Balaban J connectivity index is 1.28. The van der Waals surface area contributed by atoms with Crippen LogP contribution in [0.5, 0.6) is 0 Å². The summed E-state index contributed by atoms with van der Waals surface area (Å²) in [5, 5.41) is 16.3. The van der Waals surface area contributed by atoms with Crippen molar-refractivity contribution in [2.75, 3.05) is 6.61 Å². The molecule has 0 saturated carbocycles. The number of carbonyl (C=O) groups is 6. The highest BCUT2D eigenvalue weighted by atomic mass is 16.7. The number of aromatic nitrogens is 2. The van der Waals surface area contributed by atoms with Crippen molar-refractivity contribution in [1.29, 1.82) is 0 Å². The number of rotatable bonds is 14. The van der Waals surface area contributed by atoms with Gasteiger partial charge in [-0.2, -0.15) is 0 Å². The van der Waals surface area contributed by atoms with Crippen LogP contribution in [0.25, 0.3) is 0 Å². The van der Waals surface area contributed by atoms with E-state index in [-0.39, 0.29) is 29.2 Å². The van der Waals surface area contributed by atoms with E-state index in [4.69, 9.17) is 34.2 Å². The van der Waals surface area contributed by atoms with E-state index in [0.29, 0.717) is 12.8 Å². The first-order chi connectivity index (χ1) is 31.3. The Hall–Kier alpha value is -7.42. The third kappa shape index (κ3) is 10.7. The number of ether oxygens (including phenoxy) is 6. The molecule has 3 aliphatic heterocycles. The lowest BCUT2D eigenvalue weighted by atomic mass is 9.94. The van der Waals surface area contributed by atoms with Gasteiger partial charge < -0.3 is 49.9 Å². The van der Waals surface area contributed by atoms with Crippen LogP contribution in [0.15, 0.2) is 125 Å². The molecule has 340 valence electrons. The molecule has 0 bridgehead atoms. The average molecular weight is 896 g/mol. The van der Waals surface area contributed by atoms with Gasteiger partial charge in [-0.1, -0.05) is 54.6 Å². The van der Waals surface area contributed by atoms with Crippen molar-refractivity contribution in [2.24, 2.45) is 11.7 Å². The van der Waals surface area contributed by atoms with Gasteiger partial charge in [0.15, 0.2) is 30.3 Å². The van der Waals surface area contributed by atoms with Gasteiger partial charge in [0.1, 0.15) is 12.1 Å². The zero-order valence-electron chi connectivity index (χ0n) is 34.7. The van der Waals surface area contributed by atoms with Crippen LogP contribution in [0.1, 0.15) is 63.5 Å². The number of nitrogens with two attached hydrogens (primary N) is 1. The number of esters is 3. The van der Waals surface area contributed by atoms with E-state index in [1.165, 1.54) is 36.4 Å². The number of aliphatic hydroxyl groups excluding tert-OH is 1. The van der Waals surface area contributed by atoms with E-state index in [9.17, 15) is 43.5 Å². The van der Waals surface area contributed by atoms with E-state index in [2.05, 4.69) is 15.6 Å². The summed E-state index contributed by atoms with van der Waals surface area (Å²) in [5.41, 5.74) is 4.36. The van der Waals surface area contributed by atoms with Crippen LogP contribution in [-0.2, 0) is 42.8 Å². The maximum Gasteiger partial charge on any atom is 0.338 e. The maximum absolute atomic E-state index is 14.1. The molecule has 2 fully saturated rings. The summed E-state index contributed by atoms with van der Waals surface area (Å²) >= 11 is 0. The van der Waals surface area contributed by atoms with E-state index in [1.807, 2.05) is 6.92 Å². The molecular weight excluding hydrogens is 851 g/mol. The Kier molecular flexibility index (Phi) is 14.3. The summed E-state index contributed by atoms with van der Waals surface area (Å²) < 4.78 is 37.0. The van der Waals surface area contributed by atoms with Crippen LogP contribution in [0, 0.1) is 5.92 Å². The normalized spacial score (nSPS) is 25.6.